The second kappa shape index (κ2) is 19.0. The van der Waals surface area contributed by atoms with Gasteiger partial charge in [-0.15, -0.1) is 5.10 Å². The van der Waals surface area contributed by atoms with Crippen molar-refractivity contribution < 1.29 is 72.8 Å². The summed E-state index contributed by atoms with van der Waals surface area (Å²) >= 11 is 0. The molecule has 19 nitrogen and oxygen atoms in total. The highest BCUT2D eigenvalue weighted by molar-refractivity contribution is 6.87. The minimum absolute atomic E-state index is 0.0435. The van der Waals surface area contributed by atoms with Gasteiger partial charge in [0.15, 0.2) is 29.2 Å². The molecule has 2 aliphatic heterocycles. The average molecular weight is 801 g/mol. The predicted octanol–water partition coefficient (Wildman–Crippen LogP) is -2.21. The van der Waals surface area contributed by atoms with E-state index in [1.807, 2.05) is 0 Å². The van der Waals surface area contributed by atoms with Gasteiger partial charge < -0.3 is 72.9 Å². The van der Waals surface area contributed by atoms with Crippen molar-refractivity contribution in [2.45, 2.75) is 146 Å². The smallest absolute Gasteiger partial charge is 0.314 e. The lowest BCUT2D eigenvalue weighted by Crippen LogP contribution is -2.66. The number of aromatic nitrogens is 3. The highest BCUT2D eigenvalue weighted by Gasteiger charge is 2.52. The van der Waals surface area contributed by atoms with Gasteiger partial charge in [-0.05, 0) is 58.3 Å². The van der Waals surface area contributed by atoms with Crippen LogP contribution >= 0.6 is 0 Å². The summed E-state index contributed by atoms with van der Waals surface area (Å²) < 4.78 is 36.9. The molecule has 3 heterocycles. The number of hydrogen-bond acceptors (Lipinski definition) is 17. The number of aliphatic hydroxyl groups is 8. The van der Waals surface area contributed by atoms with Gasteiger partial charge in [0.25, 0.3) is 0 Å². The van der Waals surface area contributed by atoms with Crippen LogP contribution in [-0.4, -0.2) is 186 Å². The maximum absolute atomic E-state index is 12.7. The number of hydrogen-bond donors (Lipinski definition) is 8. The van der Waals surface area contributed by atoms with Crippen LogP contribution in [0.25, 0.3) is 0 Å². The van der Waals surface area contributed by atoms with Gasteiger partial charge in [-0.25, -0.2) is 4.68 Å². The topological polar surface area (TPSA) is 268 Å². The van der Waals surface area contributed by atoms with Gasteiger partial charge in [0.05, 0.1) is 45.2 Å². The van der Waals surface area contributed by atoms with Crippen LogP contribution < -0.4 is 0 Å². The first-order valence-corrected chi connectivity index (χ1v) is 26.8. The Bertz CT molecular complexity index is 1240. The van der Waals surface area contributed by atoms with Crippen molar-refractivity contribution in [3.63, 3.8) is 0 Å². The van der Waals surface area contributed by atoms with Gasteiger partial charge in [-0.2, -0.15) is 0 Å². The summed E-state index contributed by atoms with van der Waals surface area (Å²) in [6.45, 7) is 15.0. The molecule has 0 saturated carbocycles. The van der Waals surface area contributed by atoms with Crippen molar-refractivity contribution in [2.75, 3.05) is 26.4 Å². The van der Waals surface area contributed by atoms with E-state index >= 15 is 0 Å². The molecule has 5 unspecified atom stereocenters. The number of amides is 1. The third-order valence-electron chi connectivity index (χ3n) is 8.28. The second-order valence-corrected chi connectivity index (χ2v) is 28.4. The maximum atomic E-state index is 12.7. The summed E-state index contributed by atoms with van der Waals surface area (Å²) in [4.78, 5) is 13.8. The van der Waals surface area contributed by atoms with Gasteiger partial charge in [-0.1, -0.05) is 5.21 Å². The molecule has 2 fully saturated rings. The van der Waals surface area contributed by atoms with Crippen LogP contribution in [0.4, 0.5) is 0 Å². The Hall–Kier alpha value is -1.30. The molecule has 3 rings (SSSR count). The Morgan fingerprint density at radius 2 is 1.52 bits per heavy atom. The fourth-order valence-electron chi connectivity index (χ4n) is 6.28. The van der Waals surface area contributed by atoms with E-state index in [9.17, 15) is 45.6 Å². The molecule has 8 N–H and O–H groups in total. The average Bonchev–Trinajstić information content (AvgIpc) is 3.46. The Labute approximate surface area is 307 Å². The number of ether oxygens (including phenoxy) is 4. The van der Waals surface area contributed by atoms with Crippen molar-refractivity contribution in [2.24, 2.45) is 0 Å². The number of nitrogens with zero attached hydrogens (tertiary/aromatic N) is 4. The van der Waals surface area contributed by atoms with Gasteiger partial charge in [0.1, 0.15) is 54.5 Å². The molecule has 302 valence electrons. The van der Waals surface area contributed by atoms with Crippen LogP contribution in [0.15, 0.2) is 6.20 Å². The molecule has 1 aromatic rings. The first kappa shape index (κ1) is 45.1. The summed E-state index contributed by atoms with van der Waals surface area (Å²) in [5, 5.41) is 90.8. The second-order valence-electron chi connectivity index (χ2n) is 15.5. The Balaban J connectivity index is 1.55. The maximum Gasteiger partial charge on any atom is 0.314 e. The van der Waals surface area contributed by atoms with Crippen LogP contribution in [0.1, 0.15) is 19.0 Å². The highest BCUT2D eigenvalue weighted by atomic mass is 28.5. The molecule has 0 aromatic carbocycles. The number of aliphatic hydroxyl groups excluding tert-OH is 8. The van der Waals surface area contributed by atoms with Crippen LogP contribution in [-0.2, 0) is 45.1 Å². The zero-order chi connectivity index (χ0) is 39.2. The van der Waals surface area contributed by atoms with Crippen LogP contribution in [0.2, 0.25) is 51.9 Å². The number of rotatable bonds is 19. The lowest BCUT2D eigenvalue weighted by molar-refractivity contribution is -0.348. The summed E-state index contributed by atoms with van der Waals surface area (Å²) in [6.07, 6.45) is -14.9. The fraction of sp³-hybridized carbons (Fsp3) is 0.900. The Morgan fingerprint density at radius 1 is 0.904 bits per heavy atom. The lowest BCUT2D eigenvalue weighted by Gasteiger charge is -2.48. The molecular formula is C30H60N4O15Si3. The number of carbonyl (C=O) groups excluding carboxylic acids is 1. The summed E-state index contributed by atoms with van der Waals surface area (Å²) in [5.74, 6) is -0.575. The van der Waals surface area contributed by atoms with Gasteiger partial charge in [0.2, 0.25) is 5.91 Å². The van der Waals surface area contributed by atoms with E-state index in [-0.39, 0.29) is 25.4 Å². The molecule has 22 heteroatoms. The first-order chi connectivity index (χ1) is 24.1. The molecule has 0 bridgehead atoms. The van der Waals surface area contributed by atoms with E-state index in [1.165, 1.54) is 17.8 Å². The van der Waals surface area contributed by atoms with Crippen LogP contribution in [0.3, 0.4) is 0 Å². The third-order valence-corrected chi connectivity index (χ3v) is 17.9. The third kappa shape index (κ3) is 12.9. The zero-order valence-electron chi connectivity index (χ0n) is 31.3. The minimum atomic E-state index is -2.39. The van der Waals surface area contributed by atoms with Crippen molar-refractivity contribution in [1.29, 1.82) is 0 Å². The van der Waals surface area contributed by atoms with Crippen molar-refractivity contribution in [3.05, 3.63) is 11.9 Å². The molecule has 0 radical (unpaired) electrons. The summed E-state index contributed by atoms with van der Waals surface area (Å²) in [7, 11) is -6.02. The zero-order valence-corrected chi connectivity index (χ0v) is 34.3. The first-order valence-electron chi connectivity index (χ1n) is 17.5. The molecule has 2 saturated heterocycles. The van der Waals surface area contributed by atoms with Gasteiger partial charge in [0, 0.05) is 13.5 Å². The monoisotopic (exact) mass is 800 g/mol. The predicted molar refractivity (Wildman–Crippen MR) is 189 cm³/mol. The molecule has 1 amide bonds. The van der Waals surface area contributed by atoms with E-state index < -0.39 is 112 Å². The summed E-state index contributed by atoms with van der Waals surface area (Å²) in [5.41, 5.74) is 0.267. The van der Waals surface area contributed by atoms with E-state index in [1.54, 1.807) is 0 Å². The molecule has 1 aromatic heterocycles. The molecular weight excluding hydrogens is 741 g/mol. The Kier molecular flexibility index (Phi) is 16.5. The van der Waals surface area contributed by atoms with Gasteiger partial charge >= 0.3 is 8.56 Å². The van der Waals surface area contributed by atoms with Crippen LogP contribution in [0, 0.1) is 0 Å². The highest BCUT2D eigenvalue weighted by Crippen LogP contribution is 2.31. The van der Waals surface area contributed by atoms with Crippen molar-refractivity contribution in [3.8, 4) is 0 Å². The Morgan fingerprint density at radius 3 is 2.08 bits per heavy atom. The summed E-state index contributed by atoms with van der Waals surface area (Å²) in [6, 6.07) is 0.776. The van der Waals surface area contributed by atoms with E-state index in [4.69, 9.17) is 27.2 Å². The molecule has 2 aliphatic rings. The van der Waals surface area contributed by atoms with Crippen molar-refractivity contribution >= 4 is 31.1 Å². The van der Waals surface area contributed by atoms with E-state index in [0.717, 1.165) is 17.4 Å². The molecule has 11 atom stereocenters. The SMILES string of the molecule is CC(=O)N(Cc1cn(CC(O)COCCC[Si](C)(O[Si](C)(C)C)O[Si](C)(C)C)nn1)[C@@H]1O[C@@H](CO)[C@@H](O[C@@H]2OC(CO)[C@@H](O)[C@H](O)C2O)C(O)C1O. The largest absolute Gasteiger partial charge is 0.437 e. The van der Waals surface area contributed by atoms with Crippen LogP contribution in [0.5, 0.6) is 0 Å². The standard InChI is InChI=1S/C30H60N4O15Si3/c1-18(37)34(29-26(42)25(41)28(22(16-36)45-29)47-30-27(43)24(40)23(39)21(15-35)46-30)13-19-12-33(32-31-19)14-20(38)17-44-10-9-11-52(8,48-50(2,3)4)49-51(5,6)7/h12,20-30,35-36,38-43H,9-11,13-17H2,1-8H3/t20?,21?,22-,23+,24-,25?,26?,27?,28+,29+,30-/m0/s1. The quantitative estimate of drug-likeness (QED) is 0.0545. The number of carbonyl (C=O) groups is 1. The van der Waals surface area contributed by atoms with E-state index in [0.29, 0.717) is 6.61 Å². The normalized spacial score (nSPS) is 31.1. The van der Waals surface area contributed by atoms with Crippen molar-refractivity contribution in [1.82, 2.24) is 19.9 Å². The fourth-order valence-corrected chi connectivity index (χ4v) is 18.8. The van der Waals surface area contributed by atoms with E-state index in [2.05, 4.69) is 56.1 Å². The molecule has 52 heavy (non-hydrogen) atoms. The molecule has 0 aliphatic carbocycles. The minimum Gasteiger partial charge on any atom is -0.437 e. The van der Waals surface area contributed by atoms with Gasteiger partial charge in [-0.3, -0.25) is 4.79 Å². The lowest BCUT2D eigenvalue weighted by atomic mass is 9.96. The molecule has 0 spiro atoms.